The fraction of sp³-hybridized carbons (Fsp3) is 1.00. The third-order valence-corrected chi connectivity index (χ3v) is 6.45. The SMILES string of the molecule is CCCCCCCCCCOCC(C)OCC(C)OCC(C)OCCOCCOCCOCCOCCOCCOCCO. The van der Waals surface area contributed by atoms with Gasteiger partial charge in [-0.3, -0.25) is 0 Å². The summed E-state index contributed by atoms with van der Waals surface area (Å²) in [6.45, 7) is 17.2. The molecule has 0 radical (unpaired) electrons. The molecule has 0 rings (SSSR count). The van der Waals surface area contributed by atoms with E-state index in [2.05, 4.69) is 6.92 Å². The molecule has 0 aliphatic heterocycles. The normalized spacial score (nSPS) is 13.8. The Bertz CT molecular complexity index is 530. The summed E-state index contributed by atoms with van der Waals surface area (Å²) in [6.07, 6.45) is 10.5. The van der Waals surface area contributed by atoms with Gasteiger partial charge in [0, 0.05) is 6.61 Å². The third-order valence-electron chi connectivity index (χ3n) is 6.45. The van der Waals surface area contributed by atoms with E-state index in [-0.39, 0.29) is 24.9 Å². The zero-order valence-electron chi connectivity index (χ0n) is 28.6. The summed E-state index contributed by atoms with van der Waals surface area (Å²) >= 11 is 0. The monoisotopic (exact) mass is 640 g/mol. The number of hydrogen-bond acceptors (Lipinski definition) is 11. The highest BCUT2D eigenvalue weighted by Crippen LogP contribution is 2.08. The van der Waals surface area contributed by atoms with Gasteiger partial charge in [-0.25, -0.2) is 0 Å². The average molecular weight is 641 g/mol. The Morgan fingerprint density at radius 3 is 1.18 bits per heavy atom. The molecule has 3 unspecified atom stereocenters. The Morgan fingerprint density at radius 1 is 0.364 bits per heavy atom. The molecule has 0 aliphatic rings. The first kappa shape index (κ1) is 43.6. The van der Waals surface area contributed by atoms with Crippen LogP contribution in [0.5, 0.6) is 0 Å². The molecule has 0 heterocycles. The summed E-state index contributed by atoms with van der Waals surface area (Å²) in [5.41, 5.74) is 0. The molecule has 0 aliphatic carbocycles. The number of ether oxygens (including phenoxy) is 10. The molecule has 11 nitrogen and oxygen atoms in total. The van der Waals surface area contributed by atoms with E-state index in [1.807, 2.05) is 20.8 Å². The fourth-order valence-electron chi connectivity index (χ4n) is 3.91. The van der Waals surface area contributed by atoms with E-state index in [1.165, 1.54) is 44.9 Å². The van der Waals surface area contributed by atoms with Crippen molar-refractivity contribution in [3.05, 3.63) is 0 Å². The van der Waals surface area contributed by atoms with Crippen LogP contribution in [0.15, 0.2) is 0 Å². The molecule has 0 bridgehead atoms. The second kappa shape index (κ2) is 37.0. The molecule has 0 saturated carbocycles. The van der Waals surface area contributed by atoms with E-state index in [4.69, 9.17) is 52.5 Å². The van der Waals surface area contributed by atoms with E-state index < -0.39 is 0 Å². The van der Waals surface area contributed by atoms with Crippen LogP contribution < -0.4 is 0 Å². The van der Waals surface area contributed by atoms with Gasteiger partial charge < -0.3 is 52.5 Å². The molecule has 0 spiro atoms. The minimum atomic E-state index is -0.0182. The zero-order valence-corrected chi connectivity index (χ0v) is 28.6. The summed E-state index contributed by atoms with van der Waals surface area (Å²) in [7, 11) is 0. The standard InChI is InChI=1S/C33H68O11/c1-5-6-7-8-9-10-11-12-14-41-28-31(2)43-30-33(4)44-29-32(3)42-27-26-40-25-24-39-23-22-38-21-20-37-19-18-36-17-16-35-15-13-34/h31-34H,5-30H2,1-4H3. The van der Waals surface area contributed by atoms with E-state index in [0.29, 0.717) is 106 Å². The van der Waals surface area contributed by atoms with Gasteiger partial charge in [0.25, 0.3) is 0 Å². The van der Waals surface area contributed by atoms with E-state index in [1.54, 1.807) is 0 Å². The van der Waals surface area contributed by atoms with Crippen molar-refractivity contribution in [2.24, 2.45) is 0 Å². The highest BCUT2D eigenvalue weighted by molar-refractivity contribution is 4.56. The highest BCUT2D eigenvalue weighted by atomic mass is 16.6. The molecule has 0 amide bonds. The molecule has 0 aromatic carbocycles. The molecular weight excluding hydrogens is 572 g/mol. The number of hydrogen-bond donors (Lipinski definition) is 1. The van der Waals surface area contributed by atoms with Crippen LogP contribution in [0.1, 0.15) is 79.1 Å². The van der Waals surface area contributed by atoms with Crippen molar-refractivity contribution in [2.45, 2.75) is 97.4 Å². The number of aliphatic hydroxyl groups is 1. The third kappa shape index (κ3) is 36.0. The van der Waals surface area contributed by atoms with Crippen LogP contribution in [0.2, 0.25) is 0 Å². The van der Waals surface area contributed by atoms with Gasteiger partial charge in [-0.15, -0.1) is 0 Å². The minimum Gasteiger partial charge on any atom is -0.394 e. The smallest absolute Gasteiger partial charge is 0.0781 e. The Kier molecular flexibility index (Phi) is 36.7. The molecule has 3 atom stereocenters. The van der Waals surface area contributed by atoms with Gasteiger partial charge in [0.15, 0.2) is 0 Å². The molecule has 0 aromatic heterocycles. The number of unbranched alkanes of at least 4 members (excludes halogenated alkanes) is 7. The van der Waals surface area contributed by atoms with Gasteiger partial charge in [-0.2, -0.15) is 0 Å². The first-order valence-electron chi connectivity index (χ1n) is 17.1. The highest BCUT2D eigenvalue weighted by Gasteiger charge is 2.10. The lowest BCUT2D eigenvalue weighted by Crippen LogP contribution is -2.27. The predicted octanol–water partition coefficient (Wildman–Crippen LogP) is 4.45. The van der Waals surface area contributed by atoms with Gasteiger partial charge in [-0.1, -0.05) is 51.9 Å². The largest absolute Gasteiger partial charge is 0.394 e. The summed E-state index contributed by atoms with van der Waals surface area (Å²) in [5, 5.41) is 8.59. The molecule has 11 heteroatoms. The molecule has 1 N–H and O–H groups in total. The number of aliphatic hydroxyl groups excluding tert-OH is 1. The summed E-state index contributed by atoms with van der Waals surface area (Å²) < 4.78 is 55.6. The van der Waals surface area contributed by atoms with Crippen molar-refractivity contribution in [1.29, 1.82) is 0 Å². The maximum Gasteiger partial charge on any atom is 0.0781 e. The summed E-state index contributed by atoms with van der Waals surface area (Å²) in [5.74, 6) is 0. The van der Waals surface area contributed by atoms with Crippen LogP contribution in [-0.4, -0.2) is 142 Å². The Hall–Kier alpha value is -0.440. The van der Waals surface area contributed by atoms with Gasteiger partial charge in [0.05, 0.1) is 131 Å². The van der Waals surface area contributed by atoms with Crippen molar-refractivity contribution in [1.82, 2.24) is 0 Å². The molecule has 266 valence electrons. The average Bonchev–Trinajstić information content (AvgIpc) is 3.02. The molecule has 44 heavy (non-hydrogen) atoms. The van der Waals surface area contributed by atoms with Crippen molar-refractivity contribution in [3.63, 3.8) is 0 Å². The maximum absolute atomic E-state index is 8.59. The Morgan fingerprint density at radius 2 is 0.727 bits per heavy atom. The lowest BCUT2D eigenvalue weighted by atomic mass is 10.1. The maximum atomic E-state index is 8.59. The summed E-state index contributed by atoms with van der Waals surface area (Å²) in [6, 6.07) is 0. The second-order valence-corrected chi connectivity index (χ2v) is 10.9. The molecule has 0 fully saturated rings. The first-order valence-corrected chi connectivity index (χ1v) is 17.1. The quantitative estimate of drug-likeness (QED) is 0.0966. The van der Waals surface area contributed by atoms with Crippen LogP contribution >= 0.6 is 0 Å². The van der Waals surface area contributed by atoms with Gasteiger partial charge in [0.2, 0.25) is 0 Å². The second-order valence-electron chi connectivity index (χ2n) is 10.9. The van der Waals surface area contributed by atoms with Crippen LogP contribution in [0.4, 0.5) is 0 Å². The van der Waals surface area contributed by atoms with E-state index >= 15 is 0 Å². The summed E-state index contributed by atoms with van der Waals surface area (Å²) in [4.78, 5) is 0. The fourth-order valence-corrected chi connectivity index (χ4v) is 3.91. The molecule has 0 aromatic rings. The van der Waals surface area contributed by atoms with E-state index in [9.17, 15) is 0 Å². The van der Waals surface area contributed by atoms with Crippen molar-refractivity contribution >= 4 is 0 Å². The van der Waals surface area contributed by atoms with Crippen LogP contribution in [-0.2, 0) is 47.4 Å². The predicted molar refractivity (Wildman–Crippen MR) is 172 cm³/mol. The zero-order chi connectivity index (χ0) is 32.2. The van der Waals surface area contributed by atoms with Gasteiger partial charge >= 0.3 is 0 Å². The van der Waals surface area contributed by atoms with Gasteiger partial charge in [-0.05, 0) is 27.2 Å². The van der Waals surface area contributed by atoms with Crippen molar-refractivity contribution in [3.8, 4) is 0 Å². The number of rotatable bonds is 38. The van der Waals surface area contributed by atoms with Crippen molar-refractivity contribution < 1.29 is 52.5 Å². The van der Waals surface area contributed by atoms with Crippen LogP contribution in [0.25, 0.3) is 0 Å². The lowest BCUT2D eigenvalue weighted by Gasteiger charge is -2.20. The van der Waals surface area contributed by atoms with Gasteiger partial charge in [0.1, 0.15) is 0 Å². The van der Waals surface area contributed by atoms with Crippen LogP contribution in [0.3, 0.4) is 0 Å². The molecular formula is C33H68O11. The van der Waals surface area contributed by atoms with Crippen LogP contribution in [0, 0.1) is 0 Å². The Labute approximate surface area is 268 Å². The Balaban J connectivity index is 3.33. The molecule has 0 saturated heterocycles. The first-order chi connectivity index (χ1) is 21.6. The van der Waals surface area contributed by atoms with E-state index in [0.717, 1.165) is 13.0 Å². The van der Waals surface area contributed by atoms with Crippen molar-refractivity contribution in [2.75, 3.05) is 119 Å². The topological polar surface area (TPSA) is 113 Å². The minimum absolute atomic E-state index is 0.00450. The lowest BCUT2D eigenvalue weighted by molar-refractivity contribution is -0.0854.